The van der Waals surface area contributed by atoms with Crippen LogP contribution in [0, 0.1) is 0 Å². The standard InChI is InChI=1S/C14H16N2O3/c1-9(12-7-4-8-19-12)16-11-6-3-5-10(13(11)15)14(17)18-2/h3-9,16H,15H2,1-2H3. The molecule has 5 heteroatoms. The zero-order valence-electron chi connectivity index (χ0n) is 10.8. The SMILES string of the molecule is COC(=O)c1cccc(NC(C)c2ccco2)c1N. The zero-order valence-corrected chi connectivity index (χ0v) is 10.8. The van der Waals surface area contributed by atoms with Crippen molar-refractivity contribution in [2.75, 3.05) is 18.2 Å². The van der Waals surface area contributed by atoms with Crippen molar-refractivity contribution in [2.24, 2.45) is 0 Å². The molecule has 1 aromatic carbocycles. The second-order valence-electron chi connectivity index (χ2n) is 4.14. The minimum Gasteiger partial charge on any atom is -0.467 e. The number of para-hydroxylation sites is 1. The van der Waals surface area contributed by atoms with Crippen molar-refractivity contribution >= 4 is 17.3 Å². The first kappa shape index (κ1) is 13.0. The van der Waals surface area contributed by atoms with Gasteiger partial charge in [-0.05, 0) is 31.2 Å². The number of nitrogens with two attached hydrogens (primary N) is 1. The second-order valence-corrected chi connectivity index (χ2v) is 4.14. The Morgan fingerprint density at radius 3 is 2.79 bits per heavy atom. The van der Waals surface area contributed by atoms with Crippen molar-refractivity contribution in [3.63, 3.8) is 0 Å². The highest BCUT2D eigenvalue weighted by Gasteiger charge is 2.15. The van der Waals surface area contributed by atoms with Gasteiger partial charge in [-0.2, -0.15) is 0 Å². The smallest absolute Gasteiger partial charge is 0.340 e. The van der Waals surface area contributed by atoms with E-state index in [-0.39, 0.29) is 6.04 Å². The lowest BCUT2D eigenvalue weighted by Gasteiger charge is -2.16. The maximum Gasteiger partial charge on any atom is 0.340 e. The number of esters is 1. The molecule has 100 valence electrons. The molecule has 0 saturated carbocycles. The number of furan rings is 1. The topological polar surface area (TPSA) is 77.5 Å². The van der Waals surface area contributed by atoms with Crippen LogP contribution in [-0.2, 0) is 4.74 Å². The third kappa shape index (κ3) is 2.70. The molecule has 0 spiro atoms. The number of hydrogen-bond donors (Lipinski definition) is 2. The molecule has 0 aliphatic heterocycles. The van der Waals surface area contributed by atoms with Crippen LogP contribution < -0.4 is 11.1 Å². The molecule has 5 nitrogen and oxygen atoms in total. The molecule has 1 heterocycles. The summed E-state index contributed by atoms with van der Waals surface area (Å²) in [6.07, 6.45) is 1.61. The van der Waals surface area contributed by atoms with Gasteiger partial charge in [-0.1, -0.05) is 6.07 Å². The predicted octanol–water partition coefficient (Wildman–Crippen LogP) is 2.82. The Hall–Kier alpha value is -2.43. The van der Waals surface area contributed by atoms with Gasteiger partial charge in [-0.25, -0.2) is 4.79 Å². The van der Waals surface area contributed by atoms with Gasteiger partial charge in [-0.15, -0.1) is 0 Å². The van der Waals surface area contributed by atoms with Gasteiger partial charge in [0.2, 0.25) is 0 Å². The minimum absolute atomic E-state index is 0.0507. The molecule has 0 amide bonds. The van der Waals surface area contributed by atoms with Crippen molar-refractivity contribution in [1.29, 1.82) is 0 Å². The van der Waals surface area contributed by atoms with Gasteiger partial charge in [0, 0.05) is 0 Å². The highest BCUT2D eigenvalue weighted by atomic mass is 16.5. The molecule has 0 bridgehead atoms. The molecule has 0 saturated heterocycles. The van der Waals surface area contributed by atoms with Crippen LogP contribution >= 0.6 is 0 Å². The molecule has 1 atom stereocenters. The van der Waals surface area contributed by atoms with Crippen LogP contribution in [0.15, 0.2) is 41.0 Å². The Balaban J connectivity index is 2.24. The van der Waals surface area contributed by atoms with Crippen LogP contribution in [0.2, 0.25) is 0 Å². The van der Waals surface area contributed by atoms with Gasteiger partial charge in [-0.3, -0.25) is 0 Å². The summed E-state index contributed by atoms with van der Waals surface area (Å²) < 4.78 is 10.00. The van der Waals surface area contributed by atoms with E-state index in [0.29, 0.717) is 16.9 Å². The Morgan fingerprint density at radius 2 is 2.16 bits per heavy atom. The molecular weight excluding hydrogens is 244 g/mol. The number of nitrogens with one attached hydrogen (secondary N) is 1. The summed E-state index contributed by atoms with van der Waals surface area (Å²) in [5, 5.41) is 3.21. The van der Waals surface area contributed by atoms with E-state index in [1.165, 1.54) is 7.11 Å². The number of anilines is 2. The predicted molar refractivity (Wildman–Crippen MR) is 72.9 cm³/mol. The van der Waals surface area contributed by atoms with Gasteiger partial charge in [0.25, 0.3) is 0 Å². The second kappa shape index (κ2) is 5.48. The van der Waals surface area contributed by atoms with Gasteiger partial charge in [0.1, 0.15) is 5.76 Å². The largest absolute Gasteiger partial charge is 0.467 e. The van der Waals surface area contributed by atoms with Crippen LogP contribution in [0.3, 0.4) is 0 Å². The highest BCUT2D eigenvalue weighted by molar-refractivity contribution is 5.98. The maximum absolute atomic E-state index is 11.6. The average molecular weight is 260 g/mol. The molecule has 0 aliphatic carbocycles. The number of nitrogen functional groups attached to an aromatic ring is 1. The number of hydrogen-bond acceptors (Lipinski definition) is 5. The van der Waals surface area contributed by atoms with E-state index in [1.807, 2.05) is 19.1 Å². The number of rotatable bonds is 4. The Bertz CT molecular complexity index is 564. The molecular formula is C14H16N2O3. The number of ether oxygens (including phenoxy) is 1. The summed E-state index contributed by atoms with van der Waals surface area (Å²) in [5.74, 6) is 0.342. The lowest BCUT2D eigenvalue weighted by atomic mass is 10.1. The van der Waals surface area contributed by atoms with Crippen LogP contribution in [0.1, 0.15) is 29.1 Å². The maximum atomic E-state index is 11.6. The fraction of sp³-hybridized carbons (Fsp3) is 0.214. The number of methoxy groups -OCH3 is 1. The number of carbonyl (C=O) groups is 1. The summed E-state index contributed by atoms with van der Waals surface area (Å²) in [6, 6.07) is 8.83. The summed E-state index contributed by atoms with van der Waals surface area (Å²) in [5.41, 5.74) is 7.36. The van der Waals surface area contributed by atoms with Crippen molar-refractivity contribution in [1.82, 2.24) is 0 Å². The van der Waals surface area contributed by atoms with Crippen LogP contribution in [0.25, 0.3) is 0 Å². The molecule has 2 rings (SSSR count). The van der Waals surface area contributed by atoms with Gasteiger partial charge < -0.3 is 20.2 Å². The van der Waals surface area contributed by atoms with E-state index < -0.39 is 5.97 Å². The third-order valence-electron chi connectivity index (χ3n) is 2.85. The quantitative estimate of drug-likeness (QED) is 0.653. The van der Waals surface area contributed by atoms with Crippen molar-refractivity contribution in [3.8, 4) is 0 Å². The Kier molecular flexibility index (Phi) is 3.75. The highest BCUT2D eigenvalue weighted by Crippen LogP contribution is 2.27. The fourth-order valence-corrected chi connectivity index (χ4v) is 1.82. The summed E-state index contributed by atoms with van der Waals surface area (Å²) in [7, 11) is 1.33. The zero-order chi connectivity index (χ0) is 13.8. The monoisotopic (exact) mass is 260 g/mol. The van der Waals surface area contributed by atoms with E-state index in [1.54, 1.807) is 24.5 Å². The van der Waals surface area contributed by atoms with E-state index in [9.17, 15) is 4.79 Å². The van der Waals surface area contributed by atoms with Gasteiger partial charge >= 0.3 is 5.97 Å². The summed E-state index contributed by atoms with van der Waals surface area (Å²) in [6.45, 7) is 1.95. The van der Waals surface area contributed by atoms with E-state index in [0.717, 1.165) is 5.76 Å². The first-order valence-electron chi connectivity index (χ1n) is 5.90. The lowest BCUT2D eigenvalue weighted by Crippen LogP contribution is -2.11. The average Bonchev–Trinajstić information content (AvgIpc) is 2.94. The first-order chi connectivity index (χ1) is 9.13. The van der Waals surface area contributed by atoms with Gasteiger partial charge in [0.15, 0.2) is 0 Å². The molecule has 19 heavy (non-hydrogen) atoms. The van der Waals surface area contributed by atoms with Crippen LogP contribution in [0.4, 0.5) is 11.4 Å². The third-order valence-corrected chi connectivity index (χ3v) is 2.85. The summed E-state index contributed by atoms with van der Waals surface area (Å²) in [4.78, 5) is 11.6. The van der Waals surface area contributed by atoms with E-state index in [2.05, 4.69) is 10.1 Å². The number of benzene rings is 1. The summed E-state index contributed by atoms with van der Waals surface area (Å²) >= 11 is 0. The van der Waals surface area contributed by atoms with Crippen molar-refractivity contribution in [2.45, 2.75) is 13.0 Å². The van der Waals surface area contributed by atoms with Crippen molar-refractivity contribution < 1.29 is 13.9 Å². The van der Waals surface area contributed by atoms with E-state index >= 15 is 0 Å². The molecule has 1 aromatic heterocycles. The fourth-order valence-electron chi connectivity index (χ4n) is 1.82. The van der Waals surface area contributed by atoms with Crippen molar-refractivity contribution in [3.05, 3.63) is 47.9 Å². The molecule has 2 aromatic rings. The van der Waals surface area contributed by atoms with Crippen LogP contribution in [-0.4, -0.2) is 13.1 Å². The van der Waals surface area contributed by atoms with E-state index in [4.69, 9.17) is 10.2 Å². The molecule has 0 radical (unpaired) electrons. The molecule has 0 aliphatic rings. The first-order valence-corrected chi connectivity index (χ1v) is 5.90. The normalized spacial score (nSPS) is 11.9. The minimum atomic E-state index is -0.452. The van der Waals surface area contributed by atoms with Gasteiger partial charge in [0.05, 0.1) is 36.4 Å². The molecule has 0 fully saturated rings. The number of carbonyl (C=O) groups excluding carboxylic acids is 1. The Labute approximate surface area is 111 Å². The van der Waals surface area contributed by atoms with Crippen LogP contribution in [0.5, 0.6) is 0 Å². The lowest BCUT2D eigenvalue weighted by molar-refractivity contribution is 0.0602. The molecule has 1 unspecified atom stereocenters. The Morgan fingerprint density at radius 1 is 1.37 bits per heavy atom. The molecule has 3 N–H and O–H groups in total.